The number of benzene rings is 3. The summed E-state index contributed by atoms with van der Waals surface area (Å²) in [6.07, 6.45) is -3.11. The summed E-state index contributed by atoms with van der Waals surface area (Å²) in [6.45, 7) is 5.19. The van der Waals surface area contributed by atoms with E-state index in [1.165, 1.54) is 11.8 Å². The molecule has 15 nitrogen and oxygen atoms in total. The van der Waals surface area contributed by atoms with Crippen LogP contribution in [0.1, 0.15) is 51.1 Å². The largest absolute Gasteiger partial charge is 0.485 e. The first-order valence-electron chi connectivity index (χ1n) is 19.6. The minimum atomic E-state index is -4.70. The molecule has 0 atom stereocenters. The average Bonchev–Trinajstić information content (AvgIpc) is 4.05. The first-order chi connectivity index (χ1) is 29.9. The molecular formula is C42H36ClF3N10O5S. The lowest BCUT2D eigenvalue weighted by molar-refractivity contribution is -0.136. The zero-order valence-corrected chi connectivity index (χ0v) is 34.8. The van der Waals surface area contributed by atoms with E-state index in [2.05, 4.69) is 25.4 Å². The van der Waals surface area contributed by atoms with Gasteiger partial charge in [0.2, 0.25) is 11.7 Å². The van der Waals surface area contributed by atoms with E-state index in [-0.39, 0.29) is 94.8 Å². The highest BCUT2D eigenvalue weighted by Gasteiger charge is 2.36. The number of halogens is 4. The highest BCUT2D eigenvalue weighted by atomic mass is 35.5. The third-order valence-corrected chi connectivity index (χ3v) is 12.0. The van der Waals surface area contributed by atoms with Gasteiger partial charge in [0.05, 0.1) is 51.1 Å². The maximum Gasteiger partial charge on any atom is 0.417 e. The number of carbonyl (C=O) groups is 2. The number of carbonyl (C=O) groups excluding carboxylic acids is 2. The van der Waals surface area contributed by atoms with Crippen molar-refractivity contribution in [1.82, 2.24) is 39.0 Å². The molecule has 2 aliphatic heterocycles. The molecule has 318 valence electrons. The third-order valence-electron chi connectivity index (χ3n) is 10.9. The molecule has 3 aromatic carbocycles. The van der Waals surface area contributed by atoms with Crippen molar-refractivity contribution < 1.29 is 32.2 Å². The van der Waals surface area contributed by atoms with Crippen molar-refractivity contribution >= 4 is 62.1 Å². The zero-order valence-electron chi connectivity index (χ0n) is 33.2. The monoisotopic (exact) mass is 884 g/mol. The van der Waals surface area contributed by atoms with Crippen LogP contribution in [-0.2, 0) is 48.5 Å². The molecule has 20 heteroatoms. The van der Waals surface area contributed by atoms with Gasteiger partial charge in [0, 0.05) is 31.7 Å². The predicted octanol–water partition coefficient (Wildman–Crippen LogP) is 6.71. The molecule has 1 fully saturated rings. The molecule has 0 aliphatic carbocycles. The number of nitrogens with zero attached hydrogens (tertiary/aromatic N) is 9. The fourth-order valence-electron chi connectivity index (χ4n) is 7.81. The minimum absolute atomic E-state index is 0.0748. The van der Waals surface area contributed by atoms with Crippen LogP contribution < -0.4 is 20.5 Å². The van der Waals surface area contributed by atoms with Crippen molar-refractivity contribution in [2.24, 2.45) is 0 Å². The highest BCUT2D eigenvalue weighted by molar-refractivity contribution is 7.17. The fraction of sp³-hybridized carbons (Fsp3) is 0.286. The second-order valence-corrected chi connectivity index (χ2v) is 16.0. The van der Waals surface area contributed by atoms with E-state index in [1.807, 2.05) is 60.4 Å². The number of alkyl halides is 3. The van der Waals surface area contributed by atoms with Crippen LogP contribution in [-0.4, -0.2) is 77.0 Å². The summed E-state index contributed by atoms with van der Waals surface area (Å²) in [6, 6.07) is 16.0. The van der Waals surface area contributed by atoms with Crippen molar-refractivity contribution in [3.8, 4) is 17.1 Å². The van der Waals surface area contributed by atoms with Crippen LogP contribution in [0.25, 0.3) is 27.4 Å². The number of fused-ring (bicyclic) bond motifs is 3. The second-order valence-electron chi connectivity index (χ2n) is 14.7. The van der Waals surface area contributed by atoms with Crippen LogP contribution >= 0.6 is 22.9 Å². The Balaban J connectivity index is 1.05. The number of thiazole rings is 1. The summed E-state index contributed by atoms with van der Waals surface area (Å²) in [4.78, 5) is 63.6. The third kappa shape index (κ3) is 7.60. The fourth-order valence-corrected chi connectivity index (χ4v) is 8.88. The number of piperazine rings is 1. The maximum absolute atomic E-state index is 14.6. The second kappa shape index (κ2) is 16.4. The van der Waals surface area contributed by atoms with Crippen molar-refractivity contribution in [3.63, 3.8) is 0 Å². The molecule has 4 aromatic heterocycles. The van der Waals surface area contributed by atoms with Gasteiger partial charge in [-0.15, -0.1) is 16.4 Å². The summed E-state index contributed by atoms with van der Waals surface area (Å²) < 4.78 is 55.9. The van der Waals surface area contributed by atoms with Crippen LogP contribution in [0.2, 0.25) is 5.02 Å². The number of amides is 2. The summed E-state index contributed by atoms with van der Waals surface area (Å²) in [5.74, 6) is -0.413. The minimum Gasteiger partial charge on any atom is -0.485 e. The van der Waals surface area contributed by atoms with Gasteiger partial charge in [0.25, 0.3) is 11.5 Å². The Bertz CT molecular complexity index is 2950. The number of rotatable bonds is 10. The molecule has 2 aliphatic rings. The van der Waals surface area contributed by atoms with E-state index < -0.39 is 29.8 Å². The molecule has 0 bridgehead atoms. The summed E-state index contributed by atoms with van der Waals surface area (Å²) in [5.41, 5.74) is 4.54. The van der Waals surface area contributed by atoms with E-state index >= 15 is 0 Å². The molecular weight excluding hydrogens is 849 g/mol. The Morgan fingerprint density at radius 1 is 1.00 bits per heavy atom. The normalized spacial score (nSPS) is 14.2. The molecule has 7 aromatic rings. The molecule has 2 amide bonds. The number of hydrogen-bond acceptors (Lipinski definition) is 12. The number of anilines is 2. The molecule has 1 saturated heterocycles. The first-order valence-corrected chi connectivity index (χ1v) is 20.8. The van der Waals surface area contributed by atoms with E-state index in [0.29, 0.717) is 30.2 Å². The Hall–Kier alpha value is -6.44. The van der Waals surface area contributed by atoms with Crippen LogP contribution in [0.3, 0.4) is 0 Å². The van der Waals surface area contributed by atoms with Gasteiger partial charge in [0.15, 0.2) is 17.3 Å². The molecule has 0 unspecified atom stereocenters. The maximum atomic E-state index is 14.6. The van der Waals surface area contributed by atoms with Crippen molar-refractivity contribution in [2.45, 2.75) is 52.8 Å². The molecule has 0 saturated carbocycles. The average molecular weight is 885 g/mol. The molecule has 0 radical (unpaired) electrons. The van der Waals surface area contributed by atoms with E-state index in [4.69, 9.17) is 26.1 Å². The van der Waals surface area contributed by atoms with Crippen molar-refractivity contribution in [3.05, 3.63) is 121 Å². The van der Waals surface area contributed by atoms with E-state index in [1.54, 1.807) is 16.4 Å². The van der Waals surface area contributed by atoms with Gasteiger partial charge in [-0.25, -0.2) is 15.0 Å². The topological polar surface area (TPSA) is 162 Å². The van der Waals surface area contributed by atoms with Gasteiger partial charge in [-0.1, -0.05) is 61.0 Å². The molecule has 9 rings (SSSR count). The Labute approximate surface area is 359 Å². The van der Waals surface area contributed by atoms with E-state index in [0.717, 1.165) is 38.6 Å². The zero-order chi connectivity index (χ0) is 43.3. The Kier molecular flexibility index (Phi) is 10.9. The van der Waals surface area contributed by atoms with Gasteiger partial charge in [-0.05, 0) is 42.2 Å². The number of ether oxygens (including phenoxy) is 2. The molecule has 62 heavy (non-hydrogen) atoms. The van der Waals surface area contributed by atoms with Gasteiger partial charge < -0.3 is 29.2 Å². The molecule has 0 spiro atoms. The number of aromatic nitrogens is 7. The van der Waals surface area contributed by atoms with E-state index in [9.17, 15) is 27.6 Å². The lowest BCUT2D eigenvalue weighted by Gasteiger charge is -2.36. The molecule has 6 heterocycles. The van der Waals surface area contributed by atoms with Crippen molar-refractivity contribution in [2.75, 3.05) is 36.4 Å². The smallest absolute Gasteiger partial charge is 0.417 e. The van der Waals surface area contributed by atoms with Gasteiger partial charge >= 0.3 is 6.18 Å². The van der Waals surface area contributed by atoms with Crippen LogP contribution in [0.15, 0.2) is 71.2 Å². The number of hydrogen-bond donors (Lipinski definition) is 1. The summed E-state index contributed by atoms with van der Waals surface area (Å²) in [5, 5.41) is 7.00. The summed E-state index contributed by atoms with van der Waals surface area (Å²) >= 11 is 7.16. The molecule has 1 N–H and O–H groups in total. The predicted molar refractivity (Wildman–Crippen MR) is 224 cm³/mol. The first kappa shape index (κ1) is 40.9. The Morgan fingerprint density at radius 3 is 2.53 bits per heavy atom. The lowest BCUT2D eigenvalue weighted by atomic mass is 10.1. The Morgan fingerprint density at radius 2 is 1.77 bits per heavy atom. The highest BCUT2D eigenvalue weighted by Crippen LogP contribution is 2.43. The van der Waals surface area contributed by atoms with Crippen LogP contribution in [0.4, 0.5) is 24.5 Å². The SMILES string of the molecule is CCc1c(N2CCN(C(=O)c3ncnc(C)c3OCc3ccccc3)CC2)c(=O)n2nc(-c3ccc4c(c3)COC4)nc2n1CC(=O)Nc1c(Cl)cc(C(F)(F)F)c2scnc12. The van der Waals surface area contributed by atoms with Gasteiger partial charge in [-0.2, -0.15) is 22.7 Å². The number of nitrogens with one attached hydrogen (secondary N) is 1. The lowest BCUT2D eigenvalue weighted by Crippen LogP contribution is -2.51. The number of aryl methyl sites for hydroxylation is 1. The van der Waals surface area contributed by atoms with Crippen LogP contribution in [0, 0.1) is 6.92 Å². The van der Waals surface area contributed by atoms with Gasteiger partial charge in [0.1, 0.15) is 30.7 Å². The quantitative estimate of drug-likeness (QED) is 0.155. The standard InChI is InChI=1S/C42H36ClF3N10O5S/c1-3-30-35(53-11-13-54(14-12-53)39(58)34-36(23(2)47-21-48-34)61-18-24-7-5-4-6-8-24)40(59)56-41(51-38(52-56)25-9-10-26-19-60-20-27(26)15-25)55(30)17-31(57)50-32-29(43)16-28(42(44,45)46)37-33(32)49-22-62-37/h4-10,15-16,21-22H,3,11-14,17-20H2,1-2H3,(H,50,57). The van der Waals surface area contributed by atoms with Gasteiger partial charge in [-0.3, -0.25) is 14.4 Å². The van der Waals surface area contributed by atoms with Crippen LogP contribution in [0.5, 0.6) is 5.75 Å². The van der Waals surface area contributed by atoms with Crippen molar-refractivity contribution in [1.29, 1.82) is 0 Å². The summed E-state index contributed by atoms with van der Waals surface area (Å²) in [7, 11) is 0.